The summed E-state index contributed by atoms with van der Waals surface area (Å²) in [5.74, 6) is 0.756. The smallest absolute Gasteiger partial charge is 0.197 e. The number of aromatic nitrogens is 2. The summed E-state index contributed by atoms with van der Waals surface area (Å²) in [6, 6.07) is 17.5. The molecule has 2 heterocycles. The Labute approximate surface area is 237 Å². The molecule has 3 aromatic carbocycles. The van der Waals surface area contributed by atoms with Crippen molar-refractivity contribution in [3.8, 4) is 11.5 Å². The molecule has 0 saturated carbocycles. The average Bonchev–Trinajstić information content (AvgIpc) is 3.39. The highest BCUT2D eigenvalue weighted by molar-refractivity contribution is 7.84. The molecule has 9 heteroatoms. The van der Waals surface area contributed by atoms with E-state index in [0.717, 1.165) is 49.6 Å². The standard InChI is InChI=1S/C31H35FN4O3S/c1-5-15-36(19-21-10-12-23(38-3)13-11-21)28-14-16-35(6-2)30-22(8-7-9-24(28)30)20-40(37)31-33-26-17-25(32)29(39-4)18-27(26)34-31/h5,7-13,17-18,28H,1,6,14-16,19-20H2,2-4H3,(H,33,34). The van der Waals surface area contributed by atoms with Gasteiger partial charge in [0.2, 0.25) is 0 Å². The van der Waals surface area contributed by atoms with Crippen molar-refractivity contribution in [1.82, 2.24) is 14.9 Å². The molecule has 0 amide bonds. The molecule has 5 rings (SSSR count). The maximum Gasteiger partial charge on any atom is 0.197 e. The van der Waals surface area contributed by atoms with Gasteiger partial charge < -0.3 is 19.4 Å². The monoisotopic (exact) mass is 562 g/mol. The number of imidazole rings is 1. The van der Waals surface area contributed by atoms with Crippen LogP contribution in [0.4, 0.5) is 10.1 Å². The Morgan fingerprint density at radius 2 is 2.00 bits per heavy atom. The summed E-state index contributed by atoms with van der Waals surface area (Å²) in [7, 11) is 1.63. The van der Waals surface area contributed by atoms with E-state index >= 15 is 0 Å². The van der Waals surface area contributed by atoms with Crippen molar-refractivity contribution in [2.75, 3.05) is 38.8 Å². The Bertz CT molecular complexity index is 1520. The van der Waals surface area contributed by atoms with E-state index in [4.69, 9.17) is 9.47 Å². The quantitative estimate of drug-likeness (QED) is 0.227. The van der Waals surface area contributed by atoms with E-state index in [-0.39, 0.29) is 11.8 Å². The minimum atomic E-state index is -1.46. The second kappa shape index (κ2) is 12.2. The van der Waals surface area contributed by atoms with Gasteiger partial charge in [0.1, 0.15) is 5.75 Å². The van der Waals surface area contributed by atoms with Crippen LogP contribution < -0.4 is 14.4 Å². The molecule has 0 fully saturated rings. The molecule has 2 unspecified atom stereocenters. The van der Waals surface area contributed by atoms with Crippen molar-refractivity contribution >= 4 is 27.5 Å². The number of hydrogen-bond acceptors (Lipinski definition) is 6. The summed E-state index contributed by atoms with van der Waals surface area (Å²) in [5, 5.41) is 0.323. The van der Waals surface area contributed by atoms with E-state index in [1.807, 2.05) is 18.2 Å². The van der Waals surface area contributed by atoms with Gasteiger partial charge in [-0.2, -0.15) is 0 Å². The molecular formula is C31H35FN4O3S. The highest BCUT2D eigenvalue weighted by Gasteiger charge is 2.31. The van der Waals surface area contributed by atoms with E-state index in [1.165, 1.54) is 30.4 Å². The topological polar surface area (TPSA) is 70.7 Å². The largest absolute Gasteiger partial charge is 0.497 e. The van der Waals surface area contributed by atoms with Crippen LogP contribution in [-0.2, 0) is 23.1 Å². The lowest BCUT2D eigenvalue weighted by molar-refractivity contribution is 0.196. The molecule has 0 bridgehead atoms. The van der Waals surface area contributed by atoms with Gasteiger partial charge in [-0.1, -0.05) is 36.4 Å². The molecule has 7 nitrogen and oxygen atoms in total. The maximum atomic E-state index is 14.2. The molecule has 1 N–H and O–H groups in total. The minimum absolute atomic E-state index is 0.108. The zero-order chi connectivity index (χ0) is 28.2. The van der Waals surface area contributed by atoms with Crippen LogP contribution in [0, 0.1) is 5.82 Å². The number of halogens is 1. The van der Waals surface area contributed by atoms with Crippen molar-refractivity contribution in [2.45, 2.75) is 36.8 Å². The average molecular weight is 563 g/mol. The first-order valence-corrected chi connectivity index (χ1v) is 14.7. The number of anilines is 1. The lowest BCUT2D eigenvalue weighted by atomic mass is 9.92. The van der Waals surface area contributed by atoms with Crippen LogP contribution in [0.3, 0.4) is 0 Å². The number of benzene rings is 3. The molecule has 1 aliphatic rings. The minimum Gasteiger partial charge on any atom is -0.497 e. The molecular weight excluding hydrogens is 527 g/mol. The SMILES string of the molecule is C=CCN(Cc1ccc(OC)cc1)C1CCN(CC)c2c(CS(=O)c3nc4cc(OC)c(F)cc4[nH]3)cccc21. The highest BCUT2D eigenvalue weighted by Crippen LogP contribution is 2.41. The molecule has 4 aromatic rings. The van der Waals surface area contributed by atoms with Crippen LogP contribution in [0.15, 0.2) is 72.4 Å². The lowest BCUT2D eigenvalue weighted by Crippen LogP contribution is -2.38. The van der Waals surface area contributed by atoms with Gasteiger partial charge in [-0.05, 0) is 42.2 Å². The second-order valence-electron chi connectivity index (χ2n) is 9.84. The maximum absolute atomic E-state index is 14.2. The number of nitrogens with zero attached hydrogens (tertiary/aromatic N) is 3. The van der Waals surface area contributed by atoms with Crippen molar-refractivity contribution in [3.05, 3.63) is 89.8 Å². The molecule has 40 heavy (non-hydrogen) atoms. The molecule has 1 aromatic heterocycles. The van der Waals surface area contributed by atoms with E-state index in [2.05, 4.69) is 63.6 Å². The summed E-state index contributed by atoms with van der Waals surface area (Å²) in [4.78, 5) is 12.4. The van der Waals surface area contributed by atoms with Crippen LogP contribution >= 0.6 is 0 Å². The summed E-state index contributed by atoms with van der Waals surface area (Å²) in [5.41, 5.74) is 5.60. The Kier molecular flexibility index (Phi) is 8.52. The van der Waals surface area contributed by atoms with E-state index in [0.29, 0.717) is 21.9 Å². The lowest BCUT2D eigenvalue weighted by Gasteiger charge is -2.41. The first-order chi connectivity index (χ1) is 19.4. The van der Waals surface area contributed by atoms with Crippen LogP contribution in [0.2, 0.25) is 0 Å². The molecule has 210 valence electrons. The predicted octanol–water partition coefficient (Wildman–Crippen LogP) is 5.99. The van der Waals surface area contributed by atoms with Gasteiger partial charge in [0.25, 0.3) is 0 Å². The Balaban J connectivity index is 1.45. The van der Waals surface area contributed by atoms with E-state index in [1.54, 1.807) is 7.11 Å². The van der Waals surface area contributed by atoms with Crippen molar-refractivity contribution in [1.29, 1.82) is 0 Å². The van der Waals surface area contributed by atoms with Gasteiger partial charge in [-0.25, -0.2) is 9.37 Å². The van der Waals surface area contributed by atoms with Gasteiger partial charge in [0.15, 0.2) is 16.7 Å². The Morgan fingerprint density at radius 1 is 1.20 bits per heavy atom. The molecule has 0 aliphatic carbocycles. The molecule has 0 radical (unpaired) electrons. The number of ether oxygens (including phenoxy) is 2. The third-order valence-corrected chi connectivity index (χ3v) is 8.66. The van der Waals surface area contributed by atoms with Gasteiger partial charge in [-0.3, -0.25) is 9.11 Å². The Morgan fingerprint density at radius 3 is 2.70 bits per heavy atom. The molecule has 0 spiro atoms. The second-order valence-corrected chi connectivity index (χ2v) is 11.2. The third-order valence-electron chi connectivity index (χ3n) is 7.47. The normalized spacial score (nSPS) is 15.7. The van der Waals surface area contributed by atoms with Crippen LogP contribution in [0.25, 0.3) is 11.0 Å². The summed E-state index contributed by atoms with van der Waals surface area (Å²) < 4.78 is 38.2. The number of para-hydroxylation sites is 1. The van der Waals surface area contributed by atoms with Crippen LogP contribution in [0.5, 0.6) is 11.5 Å². The number of H-pyrrole nitrogens is 1. The highest BCUT2D eigenvalue weighted by atomic mass is 32.2. The molecule has 0 saturated heterocycles. The van der Waals surface area contributed by atoms with Gasteiger partial charge in [0.05, 0.1) is 41.8 Å². The predicted molar refractivity (Wildman–Crippen MR) is 158 cm³/mol. The zero-order valence-electron chi connectivity index (χ0n) is 23.2. The summed E-state index contributed by atoms with van der Waals surface area (Å²) in [6.07, 6.45) is 2.93. The van der Waals surface area contributed by atoms with Gasteiger partial charge in [-0.15, -0.1) is 6.58 Å². The molecule has 2 atom stereocenters. The van der Waals surface area contributed by atoms with Crippen molar-refractivity contribution in [3.63, 3.8) is 0 Å². The van der Waals surface area contributed by atoms with Crippen molar-refractivity contribution in [2.24, 2.45) is 0 Å². The fourth-order valence-corrected chi connectivity index (χ4v) is 6.59. The number of nitrogens with one attached hydrogen (secondary N) is 1. The summed E-state index contributed by atoms with van der Waals surface area (Å²) >= 11 is 0. The van der Waals surface area contributed by atoms with E-state index in [9.17, 15) is 8.60 Å². The van der Waals surface area contributed by atoms with Gasteiger partial charge >= 0.3 is 0 Å². The van der Waals surface area contributed by atoms with Crippen molar-refractivity contribution < 1.29 is 18.1 Å². The van der Waals surface area contributed by atoms with Crippen LogP contribution in [0.1, 0.15) is 36.1 Å². The van der Waals surface area contributed by atoms with Gasteiger partial charge in [0, 0.05) is 50.0 Å². The number of hydrogen-bond donors (Lipinski definition) is 1. The first-order valence-electron chi connectivity index (χ1n) is 13.4. The number of methoxy groups -OCH3 is 2. The zero-order valence-corrected chi connectivity index (χ0v) is 24.0. The molecule has 1 aliphatic heterocycles. The number of aromatic amines is 1. The van der Waals surface area contributed by atoms with E-state index < -0.39 is 16.6 Å². The van der Waals surface area contributed by atoms with Crippen LogP contribution in [-0.4, -0.2) is 52.9 Å². The number of rotatable bonds is 11. The number of fused-ring (bicyclic) bond motifs is 2. The Hall–Kier alpha value is -3.69. The third kappa shape index (κ3) is 5.62. The summed E-state index contributed by atoms with van der Waals surface area (Å²) in [6.45, 7) is 9.45. The fourth-order valence-electron chi connectivity index (χ4n) is 5.52. The first kappa shape index (κ1) is 27.9. The fraction of sp³-hybridized carbons (Fsp3) is 0.323.